The summed E-state index contributed by atoms with van der Waals surface area (Å²) < 4.78 is 5.24. The zero-order chi connectivity index (χ0) is 20.4. The van der Waals surface area contributed by atoms with E-state index < -0.39 is 5.60 Å². The van der Waals surface area contributed by atoms with E-state index in [-0.39, 0.29) is 5.92 Å². The van der Waals surface area contributed by atoms with Crippen LogP contribution in [0.4, 0.5) is 0 Å². The Morgan fingerprint density at radius 2 is 1.52 bits per heavy atom. The fourth-order valence-electron chi connectivity index (χ4n) is 4.40. The number of aliphatic hydroxyl groups is 1. The third kappa shape index (κ3) is 5.72. The summed E-state index contributed by atoms with van der Waals surface area (Å²) in [5, 5.41) is 12.2. The van der Waals surface area contributed by atoms with Gasteiger partial charge in [-0.1, -0.05) is 91.8 Å². The van der Waals surface area contributed by atoms with Crippen LogP contribution in [0.1, 0.15) is 62.5 Å². The van der Waals surface area contributed by atoms with Crippen LogP contribution in [-0.2, 0) is 10.3 Å². The molecule has 2 aromatic carbocycles. The van der Waals surface area contributed by atoms with E-state index in [0.29, 0.717) is 5.92 Å². The summed E-state index contributed by atoms with van der Waals surface area (Å²) in [6, 6.07) is 20.1. The van der Waals surface area contributed by atoms with Crippen molar-refractivity contribution in [3.8, 4) is 11.8 Å². The van der Waals surface area contributed by atoms with Crippen molar-refractivity contribution in [1.82, 2.24) is 0 Å². The number of rotatable bonds is 8. The Bertz CT molecular complexity index is 727. The van der Waals surface area contributed by atoms with Crippen LogP contribution in [0, 0.1) is 23.7 Å². The summed E-state index contributed by atoms with van der Waals surface area (Å²) in [5.41, 5.74) is 0.721. The van der Waals surface area contributed by atoms with E-state index in [2.05, 4.69) is 11.8 Å². The minimum atomic E-state index is -1.11. The van der Waals surface area contributed by atoms with E-state index in [1.54, 1.807) is 7.11 Å². The molecule has 1 atom stereocenters. The minimum Gasteiger partial charge on any atom is -0.385 e. The van der Waals surface area contributed by atoms with Crippen LogP contribution in [0.2, 0.25) is 0 Å². The lowest BCUT2D eigenvalue weighted by atomic mass is 9.74. The highest BCUT2D eigenvalue weighted by Gasteiger charge is 2.39. The number of hydrogen-bond acceptors (Lipinski definition) is 2. The van der Waals surface area contributed by atoms with E-state index >= 15 is 0 Å². The number of benzene rings is 2. The monoisotopic (exact) mass is 390 g/mol. The molecule has 0 bridgehead atoms. The Kier molecular flexibility index (Phi) is 8.35. The molecule has 1 fully saturated rings. The van der Waals surface area contributed by atoms with Gasteiger partial charge in [-0.05, 0) is 43.2 Å². The fourth-order valence-corrected chi connectivity index (χ4v) is 4.40. The lowest BCUT2D eigenvalue weighted by molar-refractivity contribution is 0.0349. The summed E-state index contributed by atoms with van der Waals surface area (Å²) in [7, 11) is 1.74. The maximum atomic E-state index is 12.2. The van der Waals surface area contributed by atoms with Crippen LogP contribution < -0.4 is 0 Å². The average Bonchev–Trinajstić information content (AvgIpc) is 2.80. The molecule has 0 radical (unpaired) electrons. The van der Waals surface area contributed by atoms with Crippen LogP contribution in [0.15, 0.2) is 60.7 Å². The molecule has 1 unspecified atom stereocenters. The van der Waals surface area contributed by atoms with Crippen molar-refractivity contribution >= 4 is 0 Å². The molecule has 1 aliphatic carbocycles. The summed E-state index contributed by atoms with van der Waals surface area (Å²) in [5.74, 6) is 7.46. The van der Waals surface area contributed by atoms with Crippen LogP contribution in [0.3, 0.4) is 0 Å². The molecular weight excluding hydrogens is 356 g/mol. The van der Waals surface area contributed by atoms with E-state index in [4.69, 9.17) is 4.74 Å². The van der Waals surface area contributed by atoms with E-state index in [0.717, 1.165) is 37.0 Å². The topological polar surface area (TPSA) is 29.5 Å². The van der Waals surface area contributed by atoms with Crippen molar-refractivity contribution in [2.75, 3.05) is 13.7 Å². The van der Waals surface area contributed by atoms with Crippen molar-refractivity contribution in [2.45, 2.75) is 57.0 Å². The first kappa shape index (κ1) is 21.6. The molecule has 154 valence electrons. The fraction of sp³-hybridized carbons (Fsp3) is 0.481. The van der Waals surface area contributed by atoms with Crippen molar-refractivity contribution < 1.29 is 9.84 Å². The van der Waals surface area contributed by atoms with Crippen LogP contribution in [0.25, 0.3) is 0 Å². The summed E-state index contributed by atoms with van der Waals surface area (Å²) in [6.07, 6.45) is 9.09. The molecule has 3 rings (SSSR count). The van der Waals surface area contributed by atoms with E-state index in [1.165, 1.54) is 32.1 Å². The average molecular weight is 391 g/mol. The van der Waals surface area contributed by atoms with Gasteiger partial charge in [0.2, 0.25) is 0 Å². The van der Waals surface area contributed by atoms with Gasteiger partial charge >= 0.3 is 0 Å². The molecule has 2 aromatic rings. The van der Waals surface area contributed by atoms with Crippen molar-refractivity contribution in [3.63, 3.8) is 0 Å². The van der Waals surface area contributed by atoms with Crippen LogP contribution in [0.5, 0.6) is 0 Å². The van der Waals surface area contributed by atoms with Crippen LogP contribution in [-0.4, -0.2) is 18.8 Å². The van der Waals surface area contributed by atoms with Crippen molar-refractivity contribution in [2.24, 2.45) is 11.8 Å². The highest BCUT2D eigenvalue weighted by Crippen LogP contribution is 2.39. The predicted octanol–water partition coefficient (Wildman–Crippen LogP) is 5.94. The third-order valence-corrected chi connectivity index (χ3v) is 6.09. The lowest BCUT2D eigenvalue weighted by Crippen LogP contribution is -2.36. The van der Waals surface area contributed by atoms with Gasteiger partial charge in [-0.3, -0.25) is 0 Å². The number of methoxy groups -OCH3 is 1. The normalized spacial score (nSPS) is 16.1. The minimum absolute atomic E-state index is 0.147. The molecule has 29 heavy (non-hydrogen) atoms. The summed E-state index contributed by atoms with van der Waals surface area (Å²) >= 11 is 0. The van der Waals surface area contributed by atoms with Gasteiger partial charge in [0.15, 0.2) is 0 Å². The zero-order valence-electron chi connectivity index (χ0n) is 17.6. The van der Waals surface area contributed by atoms with Gasteiger partial charge in [0.1, 0.15) is 5.60 Å². The quantitative estimate of drug-likeness (QED) is 0.446. The summed E-state index contributed by atoms with van der Waals surface area (Å²) in [6.45, 7) is 0.748. The Morgan fingerprint density at radius 1 is 0.931 bits per heavy atom. The second-order valence-electron chi connectivity index (χ2n) is 8.16. The van der Waals surface area contributed by atoms with E-state index in [9.17, 15) is 5.11 Å². The maximum absolute atomic E-state index is 12.2. The Morgan fingerprint density at radius 3 is 2.07 bits per heavy atom. The maximum Gasteiger partial charge on any atom is 0.128 e. The van der Waals surface area contributed by atoms with Gasteiger partial charge in [-0.25, -0.2) is 0 Å². The lowest BCUT2D eigenvalue weighted by Gasteiger charge is -2.35. The van der Waals surface area contributed by atoms with E-state index in [1.807, 2.05) is 60.7 Å². The molecule has 0 aliphatic heterocycles. The van der Waals surface area contributed by atoms with Crippen molar-refractivity contribution in [3.05, 3.63) is 71.8 Å². The van der Waals surface area contributed by atoms with Gasteiger partial charge < -0.3 is 9.84 Å². The molecule has 1 N–H and O–H groups in total. The highest BCUT2D eigenvalue weighted by atomic mass is 16.5. The second kappa shape index (κ2) is 11.2. The van der Waals surface area contributed by atoms with Crippen molar-refractivity contribution in [1.29, 1.82) is 0 Å². The third-order valence-electron chi connectivity index (χ3n) is 6.09. The molecule has 0 saturated heterocycles. The first-order valence-electron chi connectivity index (χ1n) is 11.1. The van der Waals surface area contributed by atoms with Crippen LogP contribution >= 0.6 is 0 Å². The molecule has 0 amide bonds. The largest absolute Gasteiger partial charge is 0.385 e. The SMILES string of the molecule is COCCCCC(C#CC1CCCCC1)C(O)(c1ccccc1)c1ccccc1. The molecule has 0 spiro atoms. The Hall–Kier alpha value is -2.08. The molecule has 2 nitrogen and oxygen atoms in total. The zero-order valence-corrected chi connectivity index (χ0v) is 17.6. The Labute approximate surface area is 176 Å². The number of hydrogen-bond donors (Lipinski definition) is 1. The highest BCUT2D eigenvalue weighted by molar-refractivity contribution is 5.39. The molecule has 0 aromatic heterocycles. The molecule has 1 saturated carbocycles. The molecule has 2 heteroatoms. The standard InChI is InChI=1S/C27H34O2/c1-29-22-12-11-19-26(21-20-23-13-5-2-6-14-23)27(28,24-15-7-3-8-16-24)25-17-9-4-10-18-25/h3-4,7-10,15-18,23,26,28H,2,5-6,11-14,19,22H2,1H3. The predicted molar refractivity (Wildman–Crippen MR) is 119 cm³/mol. The van der Waals surface area contributed by atoms with Gasteiger partial charge in [0, 0.05) is 19.6 Å². The first-order valence-corrected chi connectivity index (χ1v) is 11.1. The molecule has 0 heterocycles. The molecule has 1 aliphatic rings. The van der Waals surface area contributed by atoms with Gasteiger partial charge in [-0.15, -0.1) is 0 Å². The second-order valence-corrected chi connectivity index (χ2v) is 8.16. The smallest absolute Gasteiger partial charge is 0.128 e. The van der Waals surface area contributed by atoms with Gasteiger partial charge in [-0.2, -0.15) is 0 Å². The molecular formula is C27H34O2. The summed E-state index contributed by atoms with van der Waals surface area (Å²) in [4.78, 5) is 0. The van der Waals surface area contributed by atoms with Gasteiger partial charge in [0.05, 0.1) is 5.92 Å². The number of unbranched alkanes of at least 4 members (excludes halogenated alkanes) is 1. The first-order chi connectivity index (χ1) is 14.2. The number of ether oxygens (including phenoxy) is 1. The Balaban J connectivity index is 1.96. The van der Waals surface area contributed by atoms with Gasteiger partial charge in [0.25, 0.3) is 0 Å².